The average Bonchev–Trinajstić information content (AvgIpc) is 3.16. The molecule has 0 aromatic carbocycles. The molecular formula is C19H35N5OS. The molecule has 0 fully saturated rings. The van der Waals surface area contributed by atoms with Gasteiger partial charge < -0.3 is 10.6 Å². The first-order valence-corrected chi connectivity index (χ1v) is 11.0. The third-order valence-electron chi connectivity index (χ3n) is 3.96. The largest absolute Gasteiger partial charge is 0.338 e. The summed E-state index contributed by atoms with van der Waals surface area (Å²) in [6.07, 6.45) is 17.7. The van der Waals surface area contributed by atoms with E-state index in [4.69, 9.17) is 0 Å². The molecule has 7 heteroatoms. The summed E-state index contributed by atoms with van der Waals surface area (Å²) >= 11 is 1.73. The first-order chi connectivity index (χ1) is 12.8. The first kappa shape index (κ1) is 22.5. The van der Waals surface area contributed by atoms with Crippen molar-refractivity contribution in [3.8, 4) is 0 Å². The van der Waals surface area contributed by atoms with Crippen molar-refractivity contribution in [2.45, 2.75) is 76.3 Å². The molecule has 0 aliphatic heterocycles. The molecule has 1 aromatic rings. The van der Waals surface area contributed by atoms with E-state index in [0.29, 0.717) is 0 Å². The van der Waals surface area contributed by atoms with E-state index in [2.05, 4.69) is 44.9 Å². The number of hydrogen-bond acceptors (Lipinski definition) is 4. The topological polar surface area (TPSA) is 82.7 Å². The molecule has 148 valence electrons. The van der Waals surface area contributed by atoms with Crippen LogP contribution in [0.3, 0.4) is 0 Å². The summed E-state index contributed by atoms with van der Waals surface area (Å²) in [5.41, 5.74) is 0. The molecule has 2 amide bonds. The molecule has 0 atom stereocenters. The molecule has 0 bridgehead atoms. The number of unbranched alkanes of at least 4 members (excludes halogenated alkanes) is 7. The minimum Gasteiger partial charge on any atom is -0.338 e. The number of aromatic nitrogens is 3. The van der Waals surface area contributed by atoms with Gasteiger partial charge in [-0.25, -0.2) is 9.78 Å². The van der Waals surface area contributed by atoms with Crippen LogP contribution in [0.1, 0.15) is 71.1 Å². The van der Waals surface area contributed by atoms with Crippen LogP contribution in [0.2, 0.25) is 0 Å². The van der Waals surface area contributed by atoms with Gasteiger partial charge in [0.1, 0.15) is 6.33 Å². The van der Waals surface area contributed by atoms with Gasteiger partial charge in [-0.3, -0.25) is 5.10 Å². The van der Waals surface area contributed by atoms with Gasteiger partial charge >= 0.3 is 6.03 Å². The fourth-order valence-electron chi connectivity index (χ4n) is 2.44. The van der Waals surface area contributed by atoms with E-state index in [0.717, 1.165) is 56.1 Å². The summed E-state index contributed by atoms with van der Waals surface area (Å²) < 4.78 is 0. The molecule has 0 aliphatic rings. The number of rotatable bonds is 16. The smallest absolute Gasteiger partial charge is 0.314 e. The molecule has 26 heavy (non-hydrogen) atoms. The van der Waals surface area contributed by atoms with Crippen LogP contribution in [0.4, 0.5) is 4.79 Å². The predicted molar refractivity (Wildman–Crippen MR) is 109 cm³/mol. The van der Waals surface area contributed by atoms with Crippen molar-refractivity contribution in [3.05, 3.63) is 18.5 Å². The molecule has 0 saturated heterocycles. The summed E-state index contributed by atoms with van der Waals surface area (Å²) in [5, 5.41) is 13.4. The second-order valence-electron chi connectivity index (χ2n) is 6.35. The molecule has 1 rings (SSSR count). The SMILES string of the molecule is CCCCCNC(=O)NCCCCC=CCCCCCSc1ncn[nH]1. The van der Waals surface area contributed by atoms with Gasteiger partial charge in [-0.05, 0) is 44.9 Å². The number of amides is 2. The molecule has 0 saturated carbocycles. The van der Waals surface area contributed by atoms with Crippen LogP contribution < -0.4 is 10.6 Å². The second kappa shape index (κ2) is 16.9. The zero-order valence-electron chi connectivity index (χ0n) is 16.1. The van der Waals surface area contributed by atoms with E-state index in [1.54, 1.807) is 18.1 Å². The second-order valence-corrected chi connectivity index (χ2v) is 7.43. The highest BCUT2D eigenvalue weighted by Crippen LogP contribution is 2.14. The Morgan fingerprint density at radius 2 is 1.73 bits per heavy atom. The van der Waals surface area contributed by atoms with E-state index < -0.39 is 0 Å². The van der Waals surface area contributed by atoms with Crippen LogP contribution in [0, 0.1) is 0 Å². The number of aromatic amines is 1. The highest BCUT2D eigenvalue weighted by molar-refractivity contribution is 7.99. The maximum Gasteiger partial charge on any atom is 0.314 e. The lowest BCUT2D eigenvalue weighted by Crippen LogP contribution is -2.36. The Morgan fingerprint density at radius 1 is 1.04 bits per heavy atom. The Kier molecular flexibility index (Phi) is 14.7. The summed E-state index contributed by atoms with van der Waals surface area (Å²) in [5.74, 6) is 1.10. The molecular weight excluding hydrogens is 346 g/mol. The Balaban J connectivity index is 1.78. The molecule has 0 radical (unpaired) electrons. The first-order valence-electron chi connectivity index (χ1n) is 9.97. The number of thioether (sulfide) groups is 1. The molecule has 6 nitrogen and oxygen atoms in total. The van der Waals surface area contributed by atoms with Crippen molar-refractivity contribution in [3.63, 3.8) is 0 Å². The summed E-state index contributed by atoms with van der Waals surface area (Å²) in [7, 11) is 0. The molecule has 1 heterocycles. The summed E-state index contributed by atoms with van der Waals surface area (Å²) in [4.78, 5) is 15.6. The third kappa shape index (κ3) is 13.8. The third-order valence-corrected chi connectivity index (χ3v) is 4.93. The van der Waals surface area contributed by atoms with E-state index in [1.807, 2.05) is 0 Å². The Morgan fingerprint density at radius 3 is 2.38 bits per heavy atom. The standard InChI is InChI=1S/C19H35N5OS/c1-2-3-11-14-20-18(25)21-15-12-9-7-5-4-6-8-10-13-16-26-19-22-17-23-24-19/h4-5,17H,2-3,6-16H2,1H3,(H2,20,21,25)(H,22,23,24). The fraction of sp³-hybridized carbons (Fsp3) is 0.737. The van der Waals surface area contributed by atoms with Crippen molar-refractivity contribution >= 4 is 17.8 Å². The minimum absolute atomic E-state index is 0.0295. The molecule has 0 aliphatic carbocycles. The van der Waals surface area contributed by atoms with Gasteiger partial charge in [0.05, 0.1) is 0 Å². The Bertz CT molecular complexity index is 465. The molecule has 0 spiro atoms. The van der Waals surface area contributed by atoms with E-state index >= 15 is 0 Å². The zero-order chi connectivity index (χ0) is 18.7. The Hall–Kier alpha value is -1.50. The lowest BCUT2D eigenvalue weighted by molar-refractivity contribution is 0.240. The maximum atomic E-state index is 11.5. The fourth-order valence-corrected chi connectivity index (χ4v) is 3.22. The number of allylic oxidation sites excluding steroid dienone is 2. The maximum absolute atomic E-state index is 11.5. The highest BCUT2D eigenvalue weighted by atomic mass is 32.2. The van der Waals surface area contributed by atoms with Crippen LogP contribution in [0.15, 0.2) is 23.6 Å². The average molecular weight is 382 g/mol. The predicted octanol–water partition coefficient (Wildman–Crippen LogP) is 4.67. The van der Waals surface area contributed by atoms with Gasteiger partial charge in [0.2, 0.25) is 0 Å². The van der Waals surface area contributed by atoms with Crippen LogP contribution >= 0.6 is 11.8 Å². The Labute approximate surface area is 162 Å². The van der Waals surface area contributed by atoms with Gasteiger partial charge in [-0.2, -0.15) is 5.10 Å². The van der Waals surface area contributed by atoms with Gasteiger partial charge in [0, 0.05) is 18.8 Å². The summed E-state index contributed by atoms with van der Waals surface area (Å²) in [6.45, 7) is 3.70. The highest BCUT2D eigenvalue weighted by Gasteiger charge is 1.98. The van der Waals surface area contributed by atoms with Crippen molar-refractivity contribution in [2.75, 3.05) is 18.8 Å². The van der Waals surface area contributed by atoms with Crippen LogP contribution in [-0.2, 0) is 0 Å². The van der Waals surface area contributed by atoms with Crippen LogP contribution in [-0.4, -0.2) is 40.1 Å². The van der Waals surface area contributed by atoms with Gasteiger partial charge in [0.25, 0.3) is 0 Å². The van der Waals surface area contributed by atoms with E-state index in [-0.39, 0.29) is 6.03 Å². The summed E-state index contributed by atoms with van der Waals surface area (Å²) in [6, 6.07) is -0.0295. The van der Waals surface area contributed by atoms with Gasteiger partial charge in [-0.1, -0.05) is 50.1 Å². The molecule has 0 unspecified atom stereocenters. The monoisotopic (exact) mass is 381 g/mol. The van der Waals surface area contributed by atoms with Crippen molar-refractivity contribution in [1.82, 2.24) is 25.8 Å². The van der Waals surface area contributed by atoms with Crippen LogP contribution in [0.25, 0.3) is 0 Å². The number of nitrogens with one attached hydrogen (secondary N) is 3. The number of nitrogens with zero attached hydrogens (tertiary/aromatic N) is 2. The number of carbonyl (C=O) groups excluding carboxylic acids is 1. The van der Waals surface area contributed by atoms with Crippen molar-refractivity contribution in [2.24, 2.45) is 0 Å². The lowest BCUT2D eigenvalue weighted by atomic mass is 10.1. The molecule has 1 aromatic heterocycles. The minimum atomic E-state index is -0.0295. The quantitative estimate of drug-likeness (QED) is 0.221. The number of H-pyrrole nitrogens is 1. The van der Waals surface area contributed by atoms with E-state index in [1.165, 1.54) is 32.1 Å². The lowest BCUT2D eigenvalue weighted by Gasteiger charge is -2.06. The van der Waals surface area contributed by atoms with E-state index in [9.17, 15) is 4.79 Å². The normalized spacial score (nSPS) is 11.1. The van der Waals surface area contributed by atoms with Crippen LogP contribution in [0.5, 0.6) is 0 Å². The zero-order valence-corrected chi connectivity index (χ0v) is 17.0. The number of urea groups is 1. The molecule has 3 N–H and O–H groups in total. The number of carbonyl (C=O) groups is 1. The van der Waals surface area contributed by atoms with Crippen molar-refractivity contribution < 1.29 is 4.79 Å². The number of hydrogen-bond donors (Lipinski definition) is 3. The van der Waals surface area contributed by atoms with Crippen molar-refractivity contribution in [1.29, 1.82) is 0 Å². The van der Waals surface area contributed by atoms with Gasteiger partial charge in [0.15, 0.2) is 5.16 Å². The van der Waals surface area contributed by atoms with Gasteiger partial charge in [-0.15, -0.1) is 0 Å².